The molecule has 1 N–H and O–H groups in total. The Kier molecular flexibility index (Phi) is 2.82. The highest BCUT2D eigenvalue weighted by Gasteiger charge is 2.16. The van der Waals surface area contributed by atoms with E-state index in [0.29, 0.717) is 22.2 Å². The third kappa shape index (κ3) is 1.87. The lowest BCUT2D eigenvalue weighted by Crippen LogP contribution is -2.30. The molecule has 0 radical (unpaired) electrons. The largest absolute Gasteiger partial charge is 0.496 e. The minimum atomic E-state index is -0.449. The van der Waals surface area contributed by atoms with Gasteiger partial charge in [-0.05, 0) is 12.1 Å². The van der Waals surface area contributed by atoms with Crippen molar-refractivity contribution in [3.05, 3.63) is 36.0 Å². The van der Waals surface area contributed by atoms with Crippen molar-refractivity contribution in [1.82, 2.24) is 0 Å². The number of esters is 1. The summed E-state index contributed by atoms with van der Waals surface area (Å²) in [4.78, 5) is 11.4. The van der Waals surface area contributed by atoms with E-state index < -0.39 is 5.97 Å². The van der Waals surface area contributed by atoms with Crippen LogP contribution in [0.15, 0.2) is 30.5 Å². The molecule has 0 unspecified atom stereocenters. The van der Waals surface area contributed by atoms with E-state index in [-0.39, 0.29) is 0 Å². The van der Waals surface area contributed by atoms with Gasteiger partial charge in [0, 0.05) is 16.9 Å². The Morgan fingerprint density at radius 3 is 2.71 bits per heavy atom. The van der Waals surface area contributed by atoms with Crippen LogP contribution in [0.5, 0.6) is 5.75 Å². The molecule has 0 amide bonds. The fourth-order valence-electron chi connectivity index (χ4n) is 1.66. The van der Waals surface area contributed by atoms with Gasteiger partial charge in [0.25, 0.3) is 5.52 Å². The van der Waals surface area contributed by atoms with Crippen molar-refractivity contribution < 1.29 is 24.2 Å². The number of hydrogen-bond donors (Lipinski definition) is 1. The van der Waals surface area contributed by atoms with Gasteiger partial charge in [-0.25, -0.2) is 4.79 Å². The van der Waals surface area contributed by atoms with Crippen LogP contribution in [-0.2, 0) is 4.74 Å². The summed E-state index contributed by atoms with van der Waals surface area (Å²) in [6.45, 7) is 0. The molecule has 0 spiro atoms. The van der Waals surface area contributed by atoms with Crippen LogP contribution in [0.4, 0.5) is 0 Å². The Morgan fingerprint density at radius 1 is 1.29 bits per heavy atom. The van der Waals surface area contributed by atoms with Crippen molar-refractivity contribution in [2.75, 3.05) is 14.2 Å². The van der Waals surface area contributed by atoms with Gasteiger partial charge in [-0.1, -0.05) is 0 Å². The van der Waals surface area contributed by atoms with E-state index in [0.717, 1.165) is 4.73 Å². The summed E-state index contributed by atoms with van der Waals surface area (Å²) >= 11 is 0. The number of rotatable bonds is 2. The summed E-state index contributed by atoms with van der Waals surface area (Å²) in [6, 6.07) is 6.51. The van der Waals surface area contributed by atoms with Gasteiger partial charge in [-0.3, -0.25) is 5.21 Å². The molecule has 17 heavy (non-hydrogen) atoms. The number of methoxy groups -OCH3 is 2. The lowest BCUT2D eigenvalue weighted by molar-refractivity contribution is -0.884. The smallest absolute Gasteiger partial charge is 0.338 e. The van der Waals surface area contributed by atoms with Crippen LogP contribution in [-0.4, -0.2) is 25.4 Å². The number of carbonyl (C=O) groups is 1. The van der Waals surface area contributed by atoms with Gasteiger partial charge in [0.1, 0.15) is 5.75 Å². The number of fused-ring (bicyclic) bond motifs is 1. The number of ether oxygens (including phenoxy) is 2. The molecular weight excluding hydrogens is 222 g/mol. The van der Waals surface area contributed by atoms with Gasteiger partial charge in [0.05, 0.1) is 25.2 Å². The molecular formula is C12H12NO4+. The van der Waals surface area contributed by atoms with E-state index >= 15 is 0 Å². The maximum absolute atomic E-state index is 11.4. The number of hydrogen-bond acceptors (Lipinski definition) is 4. The minimum Gasteiger partial charge on any atom is -0.496 e. The molecule has 5 nitrogen and oxygen atoms in total. The quantitative estimate of drug-likeness (QED) is 0.481. The third-order valence-corrected chi connectivity index (χ3v) is 2.52. The Labute approximate surface area is 97.8 Å². The average molecular weight is 234 g/mol. The molecule has 0 aliphatic rings. The lowest BCUT2D eigenvalue weighted by atomic mass is 10.1. The first kappa shape index (κ1) is 11.2. The number of benzene rings is 1. The van der Waals surface area contributed by atoms with Gasteiger partial charge < -0.3 is 9.47 Å². The average Bonchev–Trinajstić information content (AvgIpc) is 2.38. The van der Waals surface area contributed by atoms with E-state index in [2.05, 4.69) is 4.74 Å². The second-order valence-corrected chi connectivity index (χ2v) is 3.45. The predicted molar refractivity (Wildman–Crippen MR) is 59.2 cm³/mol. The summed E-state index contributed by atoms with van der Waals surface area (Å²) in [7, 11) is 2.86. The summed E-state index contributed by atoms with van der Waals surface area (Å²) in [5.41, 5.74) is 0.850. The van der Waals surface area contributed by atoms with Crippen LogP contribution in [0, 0.1) is 0 Å². The Balaban J connectivity index is 2.69. The van der Waals surface area contributed by atoms with Crippen molar-refractivity contribution in [2.24, 2.45) is 0 Å². The molecule has 0 bridgehead atoms. The summed E-state index contributed by atoms with van der Waals surface area (Å²) < 4.78 is 10.7. The zero-order valence-corrected chi connectivity index (χ0v) is 9.51. The van der Waals surface area contributed by atoms with Crippen molar-refractivity contribution >= 4 is 16.9 Å². The Hall–Kier alpha value is -2.30. The molecule has 0 atom stereocenters. The maximum atomic E-state index is 11.4. The topological polar surface area (TPSA) is 59.6 Å². The van der Waals surface area contributed by atoms with Crippen LogP contribution in [0.3, 0.4) is 0 Å². The van der Waals surface area contributed by atoms with Crippen LogP contribution in [0.1, 0.15) is 10.4 Å². The SMILES string of the molecule is COC(=O)c1ccc2c(OC)cc[n+](O)c2c1. The molecule has 0 saturated heterocycles. The van der Waals surface area contributed by atoms with E-state index in [9.17, 15) is 10.0 Å². The van der Waals surface area contributed by atoms with Crippen molar-refractivity contribution in [3.8, 4) is 5.75 Å². The molecule has 2 rings (SSSR count). The van der Waals surface area contributed by atoms with Crippen LogP contribution in [0.25, 0.3) is 10.9 Å². The molecule has 1 heterocycles. The van der Waals surface area contributed by atoms with Gasteiger partial charge in [0.2, 0.25) is 6.20 Å². The molecule has 0 fully saturated rings. The number of aromatic nitrogens is 1. The first-order valence-corrected chi connectivity index (χ1v) is 4.97. The third-order valence-electron chi connectivity index (χ3n) is 2.52. The van der Waals surface area contributed by atoms with Crippen LogP contribution >= 0.6 is 0 Å². The summed E-state index contributed by atoms with van der Waals surface area (Å²) in [5.74, 6) is 0.177. The Bertz CT molecular complexity index is 580. The first-order chi connectivity index (χ1) is 8.17. The molecule has 88 valence electrons. The number of pyridine rings is 1. The van der Waals surface area contributed by atoms with Crippen molar-refractivity contribution in [3.63, 3.8) is 0 Å². The lowest BCUT2D eigenvalue weighted by Gasteiger charge is -2.03. The number of carbonyl (C=O) groups excluding carboxylic acids is 1. The second-order valence-electron chi connectivity index (χ2n) is 3.45. The highest BCUT2D eigenvalue weighted by atomic mass is 16.5. The van der Waals surface area contributed by atoms with E-state index in [1.54, 1.807) is 31.4 Å². The van der Waals surface area contributed by atoms with E-state index in [4.69, 9.17) is 4.74 Å². The number of nitrogens with zero attached hydrogens (tertiary/aromatic N) is 1. The molecule has 5 heteroatoms. The zero-order valence-electron chi connectivity index (χ0n) is 9.51. The van der Waals surface area contributed by atoms with Gasteiger partial charge in [0.15, 0.2) is 0 Å². The van der Waals surface area contributed by atoms with Crippen molar-refractivity contribution in [2.45, 2.75) is 0 Å². The highest BCUT2D eigenvalue weighted by molar-refractivity contribution is 5.94. The molecule has 1 aromatic heterocycles. The zero-order chi connectivity index (χ0) is 12.4. The van der Waals surface area contributed by atoms with Gasteiger partial charge in [-0.2, -0.15) is 0 Å². The fourth-order valence-corrected chi connectivity index (χ4v) is 1.66. The second kappa shape index (κ2) is 4.29. The molecule has 2 aromatic rings. The fraction of sp³-hybridized carbons (Fsp3) is 0.167. The molecule has 0 saturated carbocycles. The summed E-state index contributed by atoms with van der Waals surface area (Å²) in [5, 5.41) is 10.4. The predicted octanol–water partition coefficient (Wildman–Crippen LogP) is 1.16. The van der Waals surface area contributed by atoms with E-state index in [1.165, 1.54) is 13.3 Å². The molecule has 0 aliphatic carbocycles. The highest BCUT2D eigenvalue weighted by Crippen LogP contribution is 2.23. The first-order valence-electron chi connectivity index (χ1n) is 4.97. The van der Waals surface area contributed by atoms with E-state index in [1.807, 2.05) is 0 Å². The standard InChI is InChI=1S/C12H12NO4/c1-16-11-5-6-13(15)10-7-8(12(14)17-2)3-4-9(10)11/h3-7,15H,1-2H3/q+1. The van der Waals surface area contributed by atoms with Gasteiger partial charge >= 0.3 is 5.97 Å². The Morgan fingerprint density at radius 2 is 2.06 bits per heavy atom. The van der Waals surface area contributed by atoms with Crippen LogP contribution < -0.4 is 9.47 Å². The summed E-state index contributed by atoms with van der Waals surface area (Å²) in [6.07, 6.45) is 1.45. The molecule has 1 aromatic carbocycles. The van der Waals surface area contributed by atoms with Gasteiger partial charge in [-0.15, -0.1) is 0 Å². The monoisotopic (exact) mass is 234 g/mol. The maximum Gasteiger partial charge on any atom is 0.338 e. The van der Waals surface area contributed by atoms with Crippen LogP contribution in [0.2, 0.25) is 0 Å². The normalized spacial score (nSPS) is 10.2. The van der Waals surface area contributed by atoms with Crippen molar-refractivity contribution in [1.29, 1.82) is 0 Å². The molecule has 0 aliphatic heterocycles. The minimum absolute atomic E-state index is 0.371.